The summed E-state index contributed by atoms with van der Waals surface area (Å²) in [5.74, 6) is -0.830. The zero-order valence-electron chi connectivity index (χ0n) is 20.5. The number of hydrogen-bond donors (Lipinski definition) is 0. The Morgan fingerprint density at radius 2 is 1.61 bits per heavy atom. The van der Waals surface area contributed by atoms with Gasteiger partial charge in [0.1, 0.15) is 12.3 Å². The molecule has 0 aliphatic rings. The number of carbonyl (C=O) groups is 1. The van der Waals surface area contributed by atoms with E-state index in [-0.39, 0.29) is 27.8 Å². The number of para-hydroxylation sites is 1. The predicted molar refractivity (Wildman–Crippen MR) is 148 cm³/mol. The van der Waals surface area contributed by atoms with E-state index in [0.717, 1.165) is 10.4 Å². The third-order valence-electron chi connectivity index (χ3n) is 6.01. The first-order chi connectivity index (χ1) is 17.9. The van der Waals surface area contributed by atoms with Crippen LogP contribution in [0.2, 0.25) is 15.1 Å². The predicted octanol–water partition coefficient (Wildman–Crippen LogP) is 5.63. The van der Waals surface area contributed by atoms with Gasteiger partial charge in [0.25, 0.3) is 15.6 Å². The fraction of sp³-hybridized carbons (Fsp3) is 0.154. The average Bonchev–Trinajstić information content (AvgIpc) is 3.12. The molecule has 3 aromatic carbocycles. The van der Waals surface area contributed by atoms with Gasteiger partial charge < -0.3 is 4.74 Å². The van der Waals surface area contributed by atoms with Crippen molar-refractivity contribution in [3.05, 3.63) is 109 Å². The largest absolute Gasteiger partial charge is 0.457 e. The number of nitrogens with zero attached hydrogens (tertiary/aromatic N) is 3. The van der Waals surface area contributed by atoms with Crippen molar-refractivity contribution in [1.29, 1.82) is 0 Å². The third kappa shape index (κ3) is 5.19. The second-order valence-corrected chi connectivity index (χ2v) is 11.5. The molecule has 0 radical (unpaired) electrons. The fourth-order valence-corrected chi connectivity index (χ4v) is 5.66. The summed E-state index contributed by atoms with van der Waals surface area (Å²) in [7, 11) is -1.32. The van der Waals surface area contributed by atoms with Gasteiger partial charge >= 0.3 is 5.97 Å². The summed E-state index contributed by atoms with van der Waals surface area (Å²) >= 11 is 18.1. The van der Waals surface area contributed by atoms with Gasteiger partial charge in [0.15, 0.2) is 0 Å². The minimum absolute atomic E-state index is 0.00747. The van der Waals surface area contributed by atoms with Gasteiger partial charge in [-0.15, -0.1) is 0 Å². The molecule has 4 rings (SSSR count). The standard InChI is InChI=1S/C26H22Cl3N3O5S/c1-16-24(25(33)32(30(16)2)18-7-5-4-6-8-18)31(3)38(35,36)19-10-12-21(27)20(14-19)26(34)37-15-17-9-11-22(28)23(29)13-17/h4-14H,15H2,1-3H3. The van der Waals surface area contributed by atoms with E-state index in [1.54, 1.807) is 61.1 Å². The van der Waals surface area contributed by atoms with Gasteiger partial charge in [-0.1, -0.05) is 59.1 Å². The summed E-state index contributed by atoms with van der Waals surface area (Å²) in [4.78, 5) is 25.9. The Labute approximate surface area is 234 Å². The Hall–Kier alpha value is -3.24. The number of esters is 1. The summed E-state index contributed by atoms with van der Waals surface area (Å²) in [6.07, 6.45) is 0. The number of aromatic nitrogens is 2. The second kappa shape index (κ2) is 10.9. The first-order valence-electron chi connectivity index (χ1n) is 11.2. The van der Waals surface area contributed by atoms with Crippen LogP contribution in [0.25, 0.3) is 5.69 Å². The van der Waals surface area contributed by atoms with Crippen LogP contribution in [0, 0.1) is 6.92 Å². The summed E-state index contributed by atoms with van der Waals surface area (Å²) in [5, 5.41) is 0.668. The van der Waals surface area contributed by atoms with Crippen LogP contribution in [0.1, 0.15) is 21.6 Å². The number of ether oxygens (including phenoxy) is 1. The van der Waals surface area contributed by atoms with E-state index in [1.807, 2.05) is 6.07 Å². The number of halogens is 3. The molecule has 0 amide bonds. The molecule has 1 aromatic heterocycles. The SMILES string of the molecule is Cc1c(N(C)S(=O)(=O)c2ccc(Cl)c(C(=O)OCc3ccc(Cl)c(Cl)c3)c2)c(=O)n(-c2ccccc2)n1C. The van der Waals surface area contributed by atoms with Gasteiger partial charge in [0.2, 0.25) is 0 Å². The molecule has 8 nitrogen and oxygen atoms in total. The van der Waals surface area contributed by atoms with Crippen LogP contribution >= 0.6 is 34.8 Å². The second-order valence-electron chi connectivity index (χ2n) is 8.35. The van der Waals surface area contributed by atoms with Gasteiger partial charge in [0, 0.05) is 14.1 Å². The highest BCUT2D eigenvalue weighted by molar-refractivity contribution is 7.92. The third-order valence-corrected chi connectivity index (χ3v) is 8.83. The number of sulfonamides is 1. The van der Waals surface area contributed by atoms with Crippen molar-refractivity contribution in [3.8, 4) is 5.69 Å². The number of rotatable bonds is 7. The number of benzene rings is 3. The molecule has 198 valence electrons. The molecule has 0 saturated carbocycles. The summed E-state index contributed by atoms with van der Waals surface area (Å²) in [6, 6.07) is 17.3. The Morgan fingerprint density at radius 1 is 0.947 bits per heavy atom. The van der Waals surface area contributed by atoms with E-state index in [1.165, 1.54) is 23.9 Å². The molecule has 38 heavy (non-hydrogen) atoms. The van der Waals surface area contributed by atoms with Crippen molar-refractivity contribution < 1.29 is 17.9 Å². The Morgan fingerprint density at radius 3 is 2.26 bits per heavy atom. The molecule has 0 saturated heterocycles. The molecule has 0 N–H and O–H groups in total. The van der Waals surface area contributed by atoms with Crippen LogP contribution in [0.5, 0.6) is 0 Å². The highest BCUT2D eigenvalue weighted by Crippen LogP contribution is 2.28. The Kier molecular flexibility index (Phi) is 7.94. The lowest BCUT2D eigenvalue weighted by Gasteiger charge is -2.19. The molecule has 0 bridgehead atoms. The molecule has 1 heterocycles. The number of carbonyl (C=O) groups excluding carboxylic acids is 1. The molecule has 0 spiro atoms. The van der Waals surface area contributed by atoms with Crippen LogP contribution in [0.4, 0.5) is 5.69 Å². The van der Waals surface area contributed by atoms with E-state index in [2.05, 4.69) is 0 Å². The lowest BCUT2D eigenvalue weighted by atomic mass is 10.2. The quantitative estimate of drug-likeness (QED) is 0.259. The molecular formula is C26H22Cl3N3O5S. The van der Waals surface area contributed by atoms with Crippen LogP contribution in [-0.2, 0) is 28.4 Å². The van der Waals surface area contributed by atoms with Crippen LogP contribution in [0.3, 0.4) is 0 Å². The maximum absolute atomic E-state index is 13.6. The minimum Gasteiger partial charge on any atom is -0.457 e. The molecule has 0 aliphatic carbocycles. The van der Waals surface area contributed by atoms with E-state index in [9.17, 15) is 18.0 Å². The van der Waals surface area contributed by atoms with E-state index >= 15 is 0 Å². The van der Waals surface area contributed by atoms with Crippen LogP contribution in [-0.4, -0.2) is 30.8 Å². The van der Waals surface area contributed by atoms with Gasteiger partial charge in [-0.3, -0.25) is 13.8 Å². The van der Waals surface area contributed by atoms with Crippen molar-refractivity contribution in [2.75, 3.05) is 11.4 Å². The van der Waals surface area contributed by atoms with E-state index in [4.69, 9.17) is 39.5 Å². The first kappa shape index (κ1) is 27.8. The zero-order valence-corrected chi connectivity index (χ0v) is 23.6. The Bertz CT molecular complexity index is 1700. The fourth-order valence-electron chi connectivity index (χ4n) is 3.87. The molecule has 0 aliphatic heterocycles. The Balaban J connectivity index is 1.65. The highest BCUT2D eigenvalue weighted by atomic mass is 35.5. The van der Waals surface area contributed by atoms with Crippen molar-refractivity contribution in [3.63, 3.8) is 0 Å². The average molecular weight is 595 g/mol. The summed E-state index contributed by atoms with van der Waals surface area (Å²) in [5.41, 5.74) is 0.903. The minimum atomic E-state index is -4.26. The maximum Gasteiger partial charge on any atom is 0.340 e. The van der Waals surface area contributed by atoms with Gasteiger partial charge in [-0.2, -0.15) is 0 Å². The topological polar surface area (TPSA) is 90.6 Å². The van der Waals surface area contributed by atoms with Gasteiger partial charge in [-0.25, -0.2) is 17.9 Å². The molecule has 0 fully saturated rings. The molecule has 0 atom stereocenters. The van der Waals surface area contributed by atoms with E-state index < -0.39 is 21.6 Å². The lowest BCUT2D eigenvalue weighted by molar-refractivity contribution is 0.0472. The smallest absolute Gasteiger partial charge is 0.340 e. The molecule has 12 heteroatoms. The summed E-state index contributed by atoms with van der Waals surface area (Å²) in [6.45, 7) is 1.51. The van der Waals surface area contributed by atoms with E-state index in [0.29, 0.717) is 27.0 Å². The molecule has 0 unspecified atom stereocenters. The number of anilines is 1. The first-order valence-corrected chi connectivity index (χ1v) is 13.7. The van der Waals surface area contributed by atoms with Crippen LogP contribution in [0.15, 0.2) is 76.4 Å². The van der Waals surface area contributed by atoms with Crippen molar-refractivity contribution in [2.24, 2.45) is 7.05 Å². The molecular weight excluding hydrogens is 573 g/mol. The van der Waals surface area contributed by atoms with Gasteiger partial charge in [0.05, 0.1) is 36.9 Å². The van der Waals surface area contributed by atoms with Crippen molar-refractivity contribution >= 4 is 56.5 Å². The normalized spacial score (nSPS) is 11.4. The number of hydrogen-bond acceptors (Lipinski definition) is 5. The zero-order chi connectivity index (χ0) is 27.8. The van der Waals surface area contributed by atoms with Crippen LogP contribution < -0.4 is 9.86 Å². The highest BCUT2D eigenvalue weighted by Gasteiger charge is 2.30. The van der Waals surface area contributed by atoms with Crippen molar-refractivity contribution in [2.45, 2.75) is 18.4 Å². The summed E-state index contributed by atoms with van der Waals surface area (Å²) < 4.78 is 36.3. The van der Waals surface area contributed by atoms with Crippen molar-refractivity contribution in [1.82, 2.24) is 9.36 Å². The monoisotopic (exact) mass is 593 g/mol. The lowest BCUT2D eigenvalue weighted by Crippen LogP contribution is -2.32. The molecule has 4 aromatic rings. The maximum atomic E-state index is 13.6. The van der Waals surface area contributed by atoms with Gasteiger partial charge in [-0.05, 0) is 55.0 Å².